The molecule has 0 amide bonds. The summed E-state index contributed by atoms with van der Waals surface area (Å²) in [5.74, 6) is -0.476. The Kier molecular flexibility index (Phi) is 2.93. The van der Waals surface area contributed by atoms with E-state index in [9.17, 15) is 4.39 Å². The average Bonchev–Trinajstić information content (AvgIpc) is 2.25. The summed E-state index contributed by atoms with van der Waals surface area (Å²) >= 11 is 5.96. The Labute approximate surface area is 92.5 Å². The Morgan fingerprint density at radius 3 is 2.87 bits per heavy atom. The molecule has 2 N–H and O–H groups in total. The van der Waals surface area contributed by atoms with E-state index < -0.39 is 5.82 Å². The molecular formula is C11H11ClFNO. The first-order chi connectivity index (χ1) is 7.18. The third kappa shape index (κ3) is 2.13. The van der Waals surface area contributed by atoms with Crippen molar-refractivity contribution in [1.29, 1.82) is 0 Å². The minimum atomic E-state index is -0.476. The van der Waals surface area contributed by atoms with E-state index in [1.165, 1.54) is 6.07 Å². The van der Waals surface area contributed by atoms with Crippen molar-refractivity contribution in [3.63, 3.8) is 0 Å². The number of anilines is 1. The van der Waals surface area contributed by atoms with Gasteiger partial charge in [-0.15, -0.1) is 0 Å². The number of hydrogen-bond donors (Lipinski definition) is 1. The molecule has 0 unspecified atom stereocenters. The molecule has 1 aliphatic rings. The van der Waals surface area contributed by atoms with Crippen LogP contribution in [0.1, 0.15) is 12.0 Å². The molecule has 0 aromatic heterocycles. The molecule has 15 heavy (non-hydrogen) atoms. The number of benzene rings is 1. The zero-order chi connectivity index (χ0) is 10.8. The topological polar surface area (TPSA) is 35.2 Å². The second kappa shape index (κ2) is 4.21. The highest BCUT2D eigenvalue weighted by atomic mass is 35.5. The Morgan fingerprint density at radius 2 is 2.20 bits per heavy atom. The number of nitrogens with two attached hydrogens (primary N) is 1. The number of halogens is 2. The lowest BCUT2D eigenvalue weighted by atomic mass is 10.0. The van der Waals surface area contributed by atoms with Crippen molar-refractivity contribution in [1.82, 2.24) is 0 Å². The van der Waals surface area contributed by atoms with Crippen molar-refractivity contribution in [2.24, 2.45) is 0 Å². The third-order valence-electron chi connectivity index (χ3n) is 2.40. The van der Waals surface area contributed by atoms with E-state index >= 15 is 0 Å². The van der Waals surface area contributed by atoms with Gasteiger partial charge in [0.2, 0.25) is 0 Å². The molecule has 2 nitrogen and oxygen atoms in total. The summed E-state index contributed by atoms with van der Waals surface area (Å²) in [7, 11) is 0. The predicted molar refractivity (Wildman–Crippen MR) is 59.2 cm³/mol. The van der Waals surface area contributed by atoms with E-state index in [1.54, 1.807) is 6.07 Å². The molecule has 0 saturated heterocycles. The van der Waals surface area contributed by atoms with Crippen LogP contribution in [0.25, 0.3) is 5.57 Å². The summed E-state index contributed by atoms with van der Waals surface area (Å²) in [6.07, 6.45) is 2.73. The summed E-state index contributed by atoms with van der Waals surface area (Å²) in [4.78, 5) is 0. The average molecular weight is 228 g/mol. The maximum atomic E-state index is 13.1. The van der Waals surface area contributed by atoms with Crippen LogP contribution in [-0.2, 0) is 4.74 Å². The van der Waals surface area contributed by atoms with Crippen molar-refractivity contribution < 1.29 is 9.13 Å². The van der Waals surface area contributed by atoms with Crippen LogP contribution in [0, 0.1) is 5.82 Å². The van der Waals surface area contributed by atoms with E-state index in [1.807, 2.05) is 6.08 Å². The van der Waals surface area contributed by atoms with Gasteiger partial charge in [-0.05, 0) is 29.7 Å². The molecule has 1 heterocycles. The molecule has 0 bridgehead atoms. The summed E-state index contributed by atoms with van der Waals surface area (Å²) in [5.41, 5.74) is 7.50. The van der Waals surface area contributed by atoms with Crippen molar-refractivity contribution in [3.05, 3.63) is 34.6 Å². The lowest BCUT2D eigenvalue weighted by Gasteiger charge is -2.15. The van der Waals surface area contributed by atoms with Crippen LogP contribution >= 0.6 is 11.6 Å². The molecule has 0 spiro atoms. The van der Waals surface area contributed by atoms with Crippen LogP contribution in [0.15, 0.2) is 18.2 Å². The number of rotatable bonds is 1. The van der Waals surface area contributed by atoms with Gasteiger partial charge in [-0.1, -0.05) is 17.7 Å². The van der Waals surface area contributed by atoms with E-state index in [0.717, 1.165) is 17.6 Å². The van der Waals surface area contributed by atoms with Gasteiger partial charge in [-0.3, -0.25) is 0 Å². The van der Waals surface area contributed by atoms with Gasteiger partial charge in [0.25, 0.3) is 0 Å². The lowest BCUT2D eigenvalue weighted by molar-refractivity contribution is 0.161. The summed E-state index contributed by atoms with van der Waals surface area (Å²) in [5, 5.41) is 0.398. The molecule has 2 rings (SSSR count). The molecule has 1 aromatic carbocycles. The van der Waals surface area contributed by atoms with E-state index in [4.69, 9.17) is 22.1 Å². The molecule has 0 aliphatic carbocycles. The zero-order valence-corrected chi connectivity index (χ0v) is 8.85. The second-order valence-electron chi connectivity index (χ2n) is 3.41. The molecule has 1 aliphatic heterocycles. The molecule has 4 heteroatoms. The van der Waals surface area contributed by atoms with E-state index in [-0.39, 0.29) is 5.69 Å². The van der Waals surface area contributed by atoms with Gasteiger partial charge in [-0.2, -0.15) is 0 Å². The smallest absolute Gasteiger partial charge is 0.147 e. The fourth-order valence-corrected chi connectivity index (χ4v) is 1.86. The van der Waals surface area contributed by atoms with Crippen molar-refractivity contribution in [2.45, 2.75) is 6.42 Å². The Balaban J connectivity index is 2.43. The highest BCUT2D eigenvalue weighted by Gasteiger charge is 2.12. The Bertz CT molecular complexity index is 417. The van der Waals surface area contributed by atoms with Gasteiger partial charge >= 0.3 is 0 Å². The lowest BCUT2D eigenvalue weighted by Crippen LogP contribution is -2.05. The largest absolute Gasteiger partial charge is 0.396 e. The highest BCUT2D eigenvalue weighted by Crippen LogP contribution is 2.31. The number of ether oxygens (including phenoxy) is 1. The predicted octanol–water partition coefficient (Wildman–Crippen LogP) is 2.87. The van der Waals surface area contributed by atoms with E-state index in [2.05, 4.69) is 0 Å². The second-order valence-corrected chi connectivity index (χ2v) is 3.82. The third-order valence-corrected chi connectivity index (χ3v) is 2.71. The van der Waals surface area contributed by atoms with Crippen molar-refractivity contribution in [3.8, 4) is 0 Å². The van der Waals surface area contributed by atoms with E-state index in [0.29, 0.717) is 18.2 Å². The van der Waals surface area contributed by atoms with Gasteiger partial charge in [0.05, 0.1) is 23.9 Å². The summed E-state index contributed by atoms with van der Waals surface area (Å²) in [6.45, 7) is 1.24. The molecule has 0 atom stereocenters. The van der Waals surface area contributed by atoms with Gasteiger partial charge < -0.3 is 10.5 Å². The quantitative estimate of drug-likeness (QED) is 0.749. The summed E-state index contributed by atoms with van der Waals surface area (Å²) < 4.78 is 18.3. The van der Waals surface area contributed by atoms with Crippen molar-refractivity contribution >= 4 is 22.9 Å². The van der Waals surface area contributed by atoms with Crippen LogP contribution in [0.5, 0.6) is 0 Å². The van der Waals surface area contributed by atoms with Gasteiger partial charge in [0, 0.05) is 0 Å². The minimum absolute atomic E-state index is 0.127. The van der Waals surface area contributed by atoms with Gasteiger partial charge in [0.15, 0.2) is 0 Å². The number of nitrogen functional groups attached to an aromatic ring is 1. The monoisotopic (exact) mass is 227 g/mol. The fraction of sp³-hybridized carbons (Fsp3) is 0.273. The minimum Gasteiger partial charge on any atom is -0.396 e. The normalized spacial score (nSPS) is 16.3. The molecule has 0 saturated carbocycles. The fourth-order valence-electron chi connectivity index (χ4n) is 1.58. The maximum absolute atomic E-state index is 13.1. The molecule has 1 aromatic rings. The Hall–Kier alpha value is -1.06. The standard InChI is InChI=1S/C11H11ClFNO/c12-9-6-10(13)11(14)5-8(9)7-1-3-15-4-2-7/h1,5-6H,2-4,14H2. The molecular weight excluding hydrogens is 217 g/mol. The first-order valence-corrected chi connectivity index (χ1v) is 5.08. The molecule has 80 valence electrons. The van der Waals surface area contributed by atoms with Crippen LogP contribution in [-0.4, -0.2) is 13.2 Å². The molecule has 0 fully saturated rings. The van der Waals surface area contributed by atoms with Gasteiger partial charge in [0.1, 0.15) is 5.82 Å². The van der Waals surface area contributed by atoms with Crippen LogP contribution in [0.3, 0.4) is 0 Å². The SMILES string of the molecule is Nc1cc(C2=CCOCC2)c(Cl)cc1F. The van der Waals surface area contributed by atoms with Crippen LogP contribution in [0.2, 0.25) is 5.02 Å². The first-order valence-electron chi connectivity index (χ1n) is 4.70. The van der Waals surface area contributed by atoms with Crippen molar-refractivity contribution in [2.75, 3.05) is 18.9 Å². The Morgan fingerprint density at radius 1 is 1.40 bits per heavy atom. The highest BCUT2D eigenvalue weighted by molar-refractivity contribution is 6.32. The van der Waals surface area contributed by atoms with Crippen LogP contribution in [0.4, 0.5) is 10.1 Å². The summed E-state index contributed by atoms with van der Waals surface area (Å²) in [6, 6.07) is 2.83. The van der Waals surface area contributed by atoms with Crippen LogP contribution < -0.4 is 5.73 Å². The number of hydrogen-bond acceptors (Lipinski definition) is 2. The zero-order valence-electron chi connectivity index (χ0n) is 8.09. The first kappa shape index (κ1) is 10.5. The molecule has 0 radical (unpaired) electrons. The van der Waals surface area contributed by atoms with Gasteiger partial charge in [-0.25, -0.2) is 4.39 Å². The maximum Gasteiger partial charge on any atom is 0.147 e.